The molecule has 2 aromatic rings. The number of aryl methyl sites for hydroxylation is 1. The Hall–Kier alpha value is -1.66. The number of likely N-dealkylation sites (tertiary alicyclic amines) is 1. The zero-order valence-electron chi connectivity index (χ0n) is 18.0. The van der Waals surface area contributed by atoms with Crippen molar-refractivity contribution in [2.45, 2.75) is 41.4 Å². The highest BCUT2D eigenvalue weighted by Crippen LogP contribution is 2.51. The highest BCUT2D eigenvalue weighted by Gasteiger charge is 2.60. The van der Waals surface area contributed by atoms with Crippen molar-refractivity contribution < 1.29 is 13.6 Å². The summed E-state index contributed by atoms with van der Waals surface area (Å²) in [6.07, 6.45) is 0.818. The topological polar surface area (TPSA) is 45.2 Å². The van der Waals surface area contributed by atoms with Crippen LogP contribution in [-0.2, 0) is 6.54 Å². The molecule has 1 aliphatic rings. The average Bonchev–Trinajstić information content (AvgIpc) is 2.71. The Kier molecular flexibility index (Phi) is 6.96. The lowest BCUT2D eigenvalue weighted by molar-refractivity contribution is -0.000699. The maximum absolute atomic E-state index is 16.4. The van der Waals surface area contributed by atoms with Crippen molar-refractivity contribution in [1.82, 2.24) is 15.2 Å². The molecule has 1 fully saturated rings. The summed E-state index contributed by atoms with van der Waals surface area (Å²) in [5.41, 5.74) is -1.34. The summed E-state index contributed by atoms with van der Waals surface area (Å²) < 4.78 is 29.9. The molecule has 156 valence electrons. The number of amides is 1. The number of nitrogens with zero attached hydrogens (tertiary/aromatic N) is 2. The molecule has 1 atom stereocenters. The van der Waals surface area contributed by atoms with Crippen molar-refractivity contribution in [3.8, 4) is 0 Å². The van der Waals surface area contributed by atoms with E-state index in [9.17, 15) is 9.18 Å². The molecule has 4 nitrogen and oxygen atoms in total. The second-order valence-electron chi connectivity index (χ2n) is 8.58. The summed E-state index contributed by atoms with van der Waals surface area (Å²) in [5, 5.41) is -4.29. The van der Waals surface area contributed by atoms with Gasteiger partial charge in [-0.3, -0.25) is 9.78 Å². The number of halogens is 3. The number of carbonyl (C=O) groups excluding carboxylic acids is 1. The number of pyridine rings is 1. The number of rotatable bonds is 5. The molecule has 3 rings (SSSR count). The van der Waals surface area contributed by atoms with Gasteiger partial charge in [0, 0.05) is 24.8 Å². The van der Waals surface area contributed by atoms with Gasteiger partial charge in [0.2, 0.25) is 0 Å². The van der Waals surface area contributed by atoms with Crippen molar-refractivity contribution in [2.75, 3.05) is 6.54 Å². The quantitative estimate of drug-likeness (QED) is 0.688. The molecular weight excluding hydrogens is 437 g/mol. The molecule has 1 amide bonds. The Bertz CT molecular complexity index is 1060. The first-order valence-electron chi connectivity index (χ1n) is 9.95. The van der Waals surface area contributed by atoms with Gasteiger partial charge in [-0.2, -0.15) is 0 Å². The van der Waals surface area contributed by atoms with Gasteiger partial charge in [0.15, 0.2) is 0 Å². The Morgan fingerprint density at radius 1 is 1.24 bits per heavy atom. The Balaban J connectivity index is 1.87. The molecule has 1 aliphatic heterocycles. The monoisotopic (exact) mass is 453 g/mol. The van der Waals surface area contributed by atoms with Crippen LogP contribution in [0, 0.1) is 12.7 Å². The van der Waals surface area contributed by atoms with Crippen LogP contribution in [0.3, 0.4) is 0 Å². The number of aromatic nitrogens is 1. The number of hydrogen-bond donors (Lipinski definition) is 1. The van der Waals surface area contributed by atoms with Crippen LogP contribution in [0.1, 0.15) is 28.0 Å². The van der Waals surface area contributed by atoms with E-state index in [0.29, 0.717) is 5.69 Å². The van der Waals surface area contributed by atoms with Crippen molar-refractivity contribution in [3.63, 3.8) is 0 Å². The van der Waals surface area contributed by atoms with Crippen LogP contribution in [0.15, 0.2) is 36.5 Å². The third-order valence-corrected chi connectivity index (χ3v) is 6.08. The van der Waals surface area contributed by atoms with Crippen LogP contribution in [0.25, 0.3) is 0 Å². The van der Waals surface area contributed by atoms with Crippen molar-refractivity contribution in [1.29, 1.82) is 0 Å². The van der Waals surface area contributed by atoms with E-state index in [2.05, 4.69) is 10.3 Å². The van der Waals surface area contributed by atoms with Gasteiger partial charge in [-0.05, 0) is 59.1 Å². The molecule has 12 radical (unpaired) electrons. The van der Waals surface area contributed by atoms with Gasteiger partial charge in [-0.25, -0.2) is 8.78 Å². The number of nitrogens with one attached hydrogen (secondary N) is 1. The van der Waals surface area contributed by atoms with Gasteiger partial charge < -0.3 is 10.2 Å². The molecule has 1 N–H and O–H groups in total. The first-order valence-corrected chi connectivity index (χ1v) is 10.3. The van der Waals surface area contributed by atoms with Crippen molar-refractivity contribution >= 4 is 64.6 Å². The lowest BCUT2D eigenvalue weighted by Crippen LogP contribution is -2.76. The van der Waals surface area contributed by atoms with Crippen LogP contribution in [0.5, 0.6) is 0 Å². The fourth-order valence-corrected chi connectivity index (χ4v) is 3.92. The molecule has 2 heterocycles. The van der Waals surface area contributed by atoms with E-state index < -0.39 is 46.2 Å². The Morgan fingerprint density at radius 2 is 1.91 bits per heavy atom. The minimum Gasteiger partial charge on any atom is -0.351 e. The largest absolute Gasteiger partial charge is 0.351 e. The van der Waals surface area contributed by atoms with E-state index >= 15 is 4.39 Å². The predicted molar refractivity (Wildman–Crippen MR) is 129 cm³/mol. The summed E-state index contributed by atoms with van der Waals surface area (Å²) in [6.45, 7) is 1.21. The minimum absolute atomic E-state index is 0.00606. The first kappa shape index (κ1) is 26.0. The number of carbonyl (C=O) groups is 1. The highest BCUT2D eigenvalue weighted by molar-refractivity contribution is 6.48. The number of benzene rings is 1. The molecule has 0 aliphatic carbocycles. The van der Waals surface area contributed by atoms with E-state index in [-0.39, 0.29) is 17.1 Å². The first-order chi connectivity index (χ1) is 15.1. The lowest BCUT2D eigenvalue weighted by Gasteiger charge is -2.63. The Labute approximate surface area is 205 Å². The highest BCUT2D eigenvalue weighted by atomic mass is 35.5. The third kappa shape index (κ3) is 4.92. The van der Waals surface area contributed by atoms with Gasteiger partial charge in [-0.1, -0.05) is 17.7 Å². The van der Waals surface area contributed by atoms with E-state index in [1.807, 2.05) is 13.0 Å². The van der Waals surface area contributed by atoms with Gasteiger partial charge in [-0.15, -0.1) is 0 Å². The molecule has 0 spiro atoms. The summed E-state index contributed by atoms with van der Waals surface area (Å²) >= 11 is 5.76. The van der Waals surface area contributed by atoms with Crippen LogP contribution in [0.2, 0.25) is 10.2 Å². The van der Waals surface area contributed by atoms with Crippen LogP contribution >= 0.6 is 11.6 Å². The second kappa shape index (κ2) is 8.84. The molecule has 0 saturated carbocycles. The average molecular weight is 453 g/mol. The minimum atomic E-state index is -2.77. The van der Waals surface area contributed by atoms with Gasteiger partial charge in [0.25, 0.3) is 5.91 Å². The Morgan fingerprint density at radius 3 is 2.48 bits per heavy atom. The molecule has 1 saturated heterocycles. The van der Waals surface area contributed by atoms with Gasteiger partial charge in [0.05, 0.1) is 57.8 Å². The maximum atomic E-state index is 16.4. The van der Waals surface area contributed by atoms with Crippen LogP contribution in [0.4, 0.5) is 8.78 Å². The zero-order chi connectivity index (χ0) is 24.8. The van der Waals surface area contributed by atoms with Crippen molar-refractivity contribution in [2.24, 2.45) is 0 Å². The molecule has 1 aromatic carbocycles. The summed E-state index contributed by atoms with van der Waals surface area (Å²) in [7, 11) is 36.7. The van der Waals surface area contributed by atoms with Crippen LogP contribution in [-0.4, -0.2) is 85.8 Å². The third-order valence-electron chi connectivity index (χ3n) is 5.79. The van der Waals surface area contributed by atoms with E-state index in [4.69, 9.17) is 58.7 Å². The smallest absolute Gasteiger partial charge is 0.252 e. The lowest BCUT2D eigenvalue weighted by atomic mass is 9.31. The van der Waals surface area contributed by atoms with Crippen LogP contribution < -0.4 is 5.32 Å². The molecule has 33 heavy (non-hydrogen) atoms. The molecule has 1 unspecified atom stereocenters. The fraction of sp³-hybridized carbons (Fsp3) is 0.400. The molecular formula is C20H16B6ClF2N3O. The van der Waals surface area contributed by atoms with E-state index in [1.54, 1.807) is 12.3 Å². The summed E-state index contributed by atoms with van der Waals surface area (Å²) in [6, 6.07) is 6.80. The summed E-state index contributed by atoms with van der Waals surface area (Å²) in [4.78, 5) is 18.1. The number of piperidine rings is 1. The fourth-order valence-electron chi connectivity index (χ4n) is 3.74. The van der Waals surface area contributed by atoms with Gasteiger partial charge in [0.1, 0.15) is 11.5 Å². The molecule has 13 heteroatoms. The zero-order valence-corrected chi connectivity index (χ0v) is 18.7. The normalized spacial score (nSPS) is 22.1. The molecule has 0 bridgehead atoms. The van der Waals surface area contributed by atoms with Crippen molar-refractivity contribution in [3.05, 3.63) is 64.2 Å². The second-order valence-corrected chi connectivity index (χ2v) is 8.99. The van der Waals surface area contributed by atoms with E-state index in [1.165, 1.54) is 6.07 Å². The number of alkyl halides is 1. The maximum Gasteiger partial charge on any atom is 0.252 e. The predicted octanol–water partition coefficient (Wildman–Crippen LogP) is 0.961. The van der Waals surface area contributed by atoms with E-state index in [0.717, 1.165) is 22.6 Å². The molecule has 1 aromatic heterocycles. The summed E-state index contributed by atoms with van der Waals surface area (Å²) in [5.74, 6) is -1.50. The van der Waals surface area contributed by atoms with Gasteiger partial charge >= 0.3 is 0 Å². The SMILES string of the molecule is [B]C1([B])CC(F)(C([B])([B])NCc2ccc(C)cn2)C([B])([B])CN1C(=O)c1ccc(F)c(Cl)c1. The number of hydrogen-bond acceptors (Lipinski definition) is 3. The standard InChI is InChI=1S/C20H16B6ClF2N3O/c1-11-2-4-13(30-7-11)8-31-20(25,26)17(29)9-19(23,24)32(10-18(17,21)22)16(33)12-3-5-15(28)14(27)6-12/h2-7,31H,8-10H2,1H3.